The molecule has 2 saturated heterocycles. The van der Waals surface area contributed by atoms with Gasteiger partial charge in [-0.2, -0.15) is 11.3 Å². The van der Waals surface area contributed by atoms with Crippen LogP contribution in [0, 0.1) is 0 Å². The number of nitrogens with one attached hydrogen (secondary N) is 3. The fourth-order valence-electron chi connectivity index (χ4n) is 4.51. The third-order valence-electron chi connectivity index (χ3n) is 6.03. The number of carbonyl (C=O) groups excluding carboxylic acids is 2. The second-order valence-electron chi connectivity index (χ2n) is 7.77. The van der Waals surface area contributed by atoms with Crippen LogP contribution in [0.25, 0.3) is 0 Å². The van der Waals surface area contributed by atoms with Gasteiger partial charge >= 0.3 is 6.03 Å². The Hall–Kier alpha value is -1.44. The largest absolute Gasteiger partial charge is 0.329 e. The van der Waals surface area contributed by atoms with E-state index in [0.29, 0.717) is 6.67 Å². The van der Waals surface area contributed by atoms with E-state index in [4.69, 9.17) is 0 Å². The Morgan fingerprint density at radius 3 is 2.48 bits per heavy atom. The third kappa shape index (κ3) is 3.45. The summed E-state index contributed by atoms with van der Waals surface area (Å²) in [5.41, 5.74) is 0.831. The van der Waals surface area contributed by atoms with Crippen molar-refractivity contribution in [2.75, 3.05) is 32.8 Å². The van der Waals surface area contributed by atoms with Crippen molar-refractivity contribution in [1.82, 2.24) is 10.2 Å². The first-order chi connectivity index (χ1) is 12.2. The molecule has 1 spiro atoms. The number of quaternary nitrogens is 2. The Morgan fingerprint density at radius 2 is 1.80 bits per heavy atom. The molecule has 136 valence electrons. The van der Waals surface area contributed by atoms with E-state index in [1.165, 1.54) is 21.8 Å². The van der Waals surface area contributed by atoms with Crippen molar-refractivity contribution < 1.29 is 19.4 Å². The maximum atomic E-state index is 12.9. The molecule has 6 nitrogen and oxygen atoms in total. The van der Waals surface area contributed by atoms with Crippen molar-refractivity contribution in [2.24, 2.45) is 0 Å². The van der Waals surface area contributed by atoms with E-state index in [1.54, 1.807) is 16.2 Å². The van der Waals surface area contributed by atoms with Gasteiger partial charge in [-0.25, -0.2) is 9.69 Å². The quantitative estimate of drug-likeness (QED) is 0.616. The number of hydrogen-bond donors (Lipinski definition) is 3. The molecule has 1 aromatic heterocycles. The van der Waals surface area contributed by atoms with Crippen LogP contribution in [0.5, 0.6) is 0 Å². The molecule has 0 radical (unpaired) electrons. The van der Waals surface area contributed by atoms with Crippen LogP contribution in [0.1, 0.15) is 37.7 Å². The monoisotopic (exact) mass is 364 g/mol. The molecule has 0 unspecified atom stereocenters. The SMILES string of the molecule is O=C1NC2(CCCCC2)C(=O)N1C[NH+]1CC[NH+](Cc2ccsc2)CC1. The van der Waals surface area contributed by atoms with Gasteiger partial charge in [-0.3, -0.25) is 4.79 Å². The van der Waals surface area contributed by atoms with Gasteiger partial charge in [0.15, 0.2) is 6.67 Å². The Kier molecular flexibility index (Phi) is 4.80. The molecule has 3 fully saturated rings. The van der Waals surface area contributed by atoms with Crippen molar-refractivity contribution in [3.8, 4) is 0 Å². The molecule has 0 aromatic carbocycles. The number of nitrogens with zero attached hydrogens (tertiary/aromatic N) is 1. The Balaban J connectivity index is 1.31. The van der Waals surface area contributed by atoms with Gasteiger partial charge in [-0.05, 0) is 29.7 Å². The number of imide groups is 1. The summed E-state index contributed by atoms with van der Waals surface area (Å²) in [4.78, 5) is 29.7. The number of thiophene rings is 1. The molecule has 3 heterocycles. The van der Waals surface area contributed by atoms with Crippen LogP contribution in [0.3, 0.4) is 0 Å². The Bertz CT molecular complexity index is 619. The highest BCUT2D eigenvalue weighted by Gasteiger charge is 2.52. The zero-order valence-corrected chi connectivity index (χ0v) is 15.5. The lowest BCUT2D eigenvalue weighted by Crippen LogP contribution is -3.28. The summed E-state index contributed by atoms with van der Waals surface area (Å²) in [5, 5.41) is 7.38. The predicted molar refractivity (Wildman–Crippen MR) is 95.5 cm³/mol. The van der Waals surface area contributed by atoms with Crippen LogP contribution < -0.4 is 15.1 Å². The van der Waals surface area contributed by atoms with Crippen molar-refractivity contribution in [2.45, 2.75) is 44.2 Å². The molecule has 4 rings (SSSR count). The summed E-state index contributed by atoms with van der Waals surface area (Å²) in [6.07, 6.45) is 4.86. The lowest BCUT2D eigenvalue weighted by Gasteiger charge is -2.32. The number of amides is 3. The van der Waals surface area contributed by atoms with E-state index in [1.807, 2.05) is 0 Å². The molecule has 7 heteroatoms. The van der Waals surface area contributed by atoms with Crippen LogP contribution in [0.4, 0.5) is 4.79 Å². The minimum Gasteiger partial charge on any atom is -0.323 e. The minimum atomic E-state index is -0.583. The van der Waals surface area contributed by atoms with Gasteiger partial charge in [-0.1, -0.05) is 19.3 Å². The first kappa shape index (κ1) is 17.0. The van der Waals surface area contributed by atoms with E-state index in [9.17, 15) is 9.59 Å². The summed E-state index contributed by atoms with van der Waals surface area (Å²) in [7, 11) is 0. The highest BCUT2D eigenvalue weighted by atomic mass is 32.1. The minimum absolute atomic E-state index is 0.0257. The van der Waals surface area contributed by atoms with Crippen molar-refractivity contribution in [3.63, 3.8) is 0 Å². The zero-order valence-electron chi connectivity index (χ0n) is 14.7. The van der Waals surface area contributed by atoms with Gasteiger partial charge in [0.1, 0.15) is 38.3 Å². The van der Waals surface area contributed by atoms with Crippen LogP contribution >= 0.6 is 11.3 Å². The van der Waals surface area contributed by atoms with Gasteiger partial charge in [0.25, 0.3) is 5.91 Å². The number of hydrogen-bond acceptors (Lipinski definition) is 3. The summed E-state index contributed by atoms with van der Waals surface area (Å²) in [5.74, 6) is 0.0257. The molecule has 1 aliphatic carbocycles. The van der Waals surface area contributed by atoms with Gasteiger partial charge in [0.05, 0.1) is 0 Å². The average molecular weight is 365 g/mol. The van der Waals surface area contributed by atoms with E-state index in [2.05, 4.69) is 22.1 Å². The van der Waals surface area contributed by atoms with Crippen LogP contribution in [-0.2, 0) is 11.3 Å². The zero-order chi connectivity index (χ0) is 17.3. The molecule has 0 atom stereocenters. The smallest absolute Gasteiger partial charge is 0.323 e. The fraction of sp³-hybridized carbons (Fsp3) is 0.667. The third-order valence-corrected chi connectivity index (χ3v) is 6.77. The average Bonchev–Trinajstić information content (AvgIpc) is 3.20. The molecule has 0 bridgehead atoms. The first-order valence-electron chi connectivity index (χ1n) is 9.49. The summed E-state index contributed by atoms with van der Waals surface area (Å²) in [6, 6.07) is 2.03. The second kappa shape index (κ2) is 7.05. The lowest BCUT2D eigenvalue weighted by atomic mass is 9.82. The maximum Gasteiger partial charge on any atom is 0.329 e. The van der Waals surface area contributed by atoms with Crippen molar-refractivity contribution in [1.29, 1.82) is 0 Å². The number of urea groups is 1. The van der Waals surface area contributed by atoms with Crippen LogP contribution in [0.15, 0.2) is 16.8 Å². The summed E-state index contributed by atoms with van der Waals surface area (Å²) < 4.78 is 0. The van der Waals surface area contributed by atoms with Gasteiger partial charge < -0.3 is 15.1 Å². The van der Waals surface area contributed by atoms with E-state index >= 15 is 0 Å². The second-order valence-corrected chi connectivity index (χ2v) is 8.55. The Labute approximate surface area is 152 Å². The summed E-state index contributed by atoms with van der Waals surface area (Å²) >= 11 is 1.75. The first-order valence-corrected chi connectivity index (χ1v) is 10.4. The molecular formula is C18H28N4O2S+2. The van der Waals surface area contributed by atoms with Gasteiger partial charge in [0.2, 0.25) is 0 Å². The van der Waals surface area contributed by atoms with E-state index in [-0.39, 0.29) is 11.9 Å². The van der Waals surface area contributed by atoms with Crippen LogP contribution in [0.2, 0.25) is 0 Å². The standard InChI is InChI=1S/C18H26N4O2S/c23-16-18(5-2-1-3-6-18)19-17(24)22(16)14-21-9-7-20(8-10-21)12-15-4-11-25-13-15/h4,11,13H,1-3,5-10,12,14H2,(H,19,24)/p+2. The highest BCUT2D eigenvalue weighted by molar-refractivity contribution is 7.07. The van der Waals surface area contributed by atoms with Crippen molar-refractivity contribution >= 4 is 23.3 Å². The van der Waals surface area contributed by atoms with Gasteiger partial charge in [0, 0.05) is 5.56 Å². The van der Waals surface area contributed by atoms with Crippen molar-refractivity contribution in [3.05, 3.63) is 22.4 Å². The topological polar surface area (TPSA) is 58.3 Å². The molecule has 1 saturated carbocycles. The predicted octanol–water partition coefficient (Wildman–Crippen LogP) is -0.756. The normalized spacial score (nSPS) is 29.2. The van der Waals surface area contributed by atoms with E-state index < -0.39 is 5.54 Å². The maximum absolute atomic E-state index is 12.9. The fourth-order valence-corrected chi connectivity index (χ4v) is 5.18. The van der Waals surface area contributed by atoms with Gasteiger partial charge in [-0.15, -0.1) is 0 Å². The molecule has 2 aliphatic heterocycles. The molecular weight excluding hydrogens is 336 g/mol. The number of carbonyl (C=O) groups is 2. The summed E-state index contributed by atoms with van der Waals surface area (Å²) in [6.45, 7) is 5.84. The highest BCUT2D eigenvalue weighted by Crippen LogP contribution is 2.33. The molecule has 1 aromatic rings. The number of piperazine rings is 1. The molecule has 3 amide bonds. The molecule has 3 aliphatic rings. The lowest BCUT2D eigenvalue weighted by molar-refractivity contribution is -1.02. The Morgan fingerprint density at radius 1 is 1.08 bits per heavy atom. The molecule has 25 heavy (non-hydrogen) atoms. The van der Waals surface area contributed by atoms with E-state index in [0.717, 1.165) is 58.4 Å². The molecule has 3 N–H and O–H groups in total. The number of rotatable bonds is 4. The van der Waals surface area contributed by atoms with Crippen LogP contribution in [-0.4, -0.2) is 55.2 Å².